The molecule has 3 aromatic rings. The molecule has 1 amide bonds. The highest BCUT2D eigenvalue weighted by molar-refractivity contribution is 5.81. The summed E-state index contributed by atoms with van der Waals surface area (Å²) in [7, 11) is 1.61. The molecule has 3 rings (SSSR count). The van der Waals surface area contributed by atoms with Crippen LogP contribution in [-0.2, 0) is 16.9 Å². The lowest BCUT2D eigenvalue weighted by Gasteiger charge is -2.20. The summed E-state index contributed by atoms with van der Waals surface area (Å²) in [5.74, 6) is 0.464. The second-order valence-electron chi connectivity index (χ2n) is 8.10. The van der Waals surface area contributed by atoms with Crippen LogP contribution in [-0.4, -0.2) is 32.6 Å². The fraction of sp³-hybridized carbons (Fsp3) is 0.429. The van der Waals surface area contributed by atoms with E-state index in [-0.39, 0.29) is 29.6 Å². The molecule has 1 aromatic carbocycles. The summed E-state index contributed by atoms with van der Waals surface area (Å²) in [6.07, 6.45) is 1.65. The van der Waals surface area contributed by atoms with E-state index in [1.165, 1.54) is 4.68 Å². The third-order valence-corrected chi connectivity index (χ3v) is 4.79. The fourth-order valence-electron chi connectivity index (χ4n) is 3.24. The van der Waals surface area contributed by atoms with Crippen molar-refractivity contribution in [3.8, 4) is 5.75 Å². The lowest BCUT2D eigenvalue weighted by Crippen LogP contribution is -2.36. The van der Waals surface area contributed by atoms with Crippen LogP contribution in [0.2, 0.25) is 0 Å². The summed E-state index contributed by atoms with van der Waals surface area (Å²) < 4.78 is 8.05. The van der Waals surface area contributed by atoms with Gasteiger partial charge in [-0.05, 0) is 52.3 Å². The molecule has 1 atom stereocenters. The van der Waals surface area contributed by atoms with Gasteiger partial charge in [-0.1, -0.05) is 12.1 Å². The monoisotopic (exact) mass is 397 g/mol. The number of ether oxygens (including phenoxy) is 1. The summed E-state index contributed by atoms with van der Waals surface area (Å²) in [6, 6.07) is 7.26. The Kier molecular flexibility index (Phi) is 5.46. The number of fused-ring (bicyclic) bond motifs is 1. The van der Waals surface area contributed by atoms with Crippen molar-refractivity contribution in [3.05, 3.63) is 52.1 Å². The molecule has 0 aliphatic heterocycles. The van der Waals surface area contributed by atoms with Gasteiger partial charge < -0.3 is 10.1 Å². The molecular formula is C21H27N5O3. The minimum Gasteiger partial charge on any atom is -0.497 e. The number of carbonyl (C=O) groups excluding carboxylic acids is 1. The summed E-state index contributed by atoms with van der Waals surface area (Å²) in [6.45, 7) is 9.46. The molecule has 0 spiro atoms. The van der Waals surface area contributed by atoms with Crippen molar-refractivity contribution in [1.82, 2.24) is 24.9 Å². The predicted molar refractivity (Wildman–Crippen MR) is 111 cm³/mol. The Bertz CT molecular complexity index is 1090. The molecule has 154 valence electrons. The number of carbonyl (C=O) groups is 1. The number of hydrogen-bond acceptors (Lipinski definition) is 5. The average molecular weight is 397 g/mol. The van der Waals surface area contributed by atoms with Gasteiger partial charge in [0.1, 0.15) is 17.8 Å². The molecular weight excluding hydrogens is 370 g/mol. The van der Waals surface area contributed by atoms with Crippen molar-refractivity contribution in [2.45, 2.75) is 52.7 Å². The van der Waals surface area contributed by atoms with Gasteiger partial charge in [-0.2, -0.15) is 10.2 Å². The van der Waals surface area contributed by atoms with Crippen LogP contribution in [0.15, 0.2) is 35.3 Å². The second-order valence-corrected chi connectivity index (χ2v) is 8.10. The van der Waals surface area contributed by atoms with Crippen molar-refractivity contribution >= 4 is 16.8 Å². The molecule has 0 fully saturated rings. The number of hydrogen-bond donors (Lipinski definition) is 1. The molecule has 1 N–H and O–H groups in total. The third kappa shape index (κ3) is 4.16. The van der Waals surface area contributed by atoms with Gasteiger partial charge in [-0.25, -0.2) is 4.68 Å². The van der Waals surface area contributed by atoms with Crippen LogP contribution < -0.4 is 15.6 Å². The zero-order valence-electron chi connectivity index (χ0n) is 17.7. The lowest BCUT2D eigenvalue weighted by atomic mass is 10.1. The van der Waals surface area contributed by atoms with E-state index >= 15 is 0 Å². The Balaban J connectivity index is 1.84. The zero-order valence-corrected chi connectivity index (χ0v) is 17.7. The van der Waals surface area contributed by atoms with Gasteiger partial charge in [0.15, 0.2) is 0 Å². The van der Waals surface area contributed by atoms with Crippen molar-refractivity contribution in [2.75, 3.05) is 7.11 Å². The van der Waals surface area contributed by atoms with E-state index in [1.54, 1.807) is 18.0 Å². The Morgan fingerprint density at radius 1 is 1.24 bits per heavy atom. The zero-order chi connectivity index (χ0) is 21.3. The summed E-state index contributed by atoms with van der Waals surface area (Å²) >= 11 is 0. The highest BCUT2D eigenvalue weighted by Gasteiger charge is 2.22. The van der Waals surface area contributed by atoms with Gasteiger partial charge in [0.25, 0.3) is 5.56 Å². The van der Waals surface area contributed by atoms with Crippen molar-refractivity contribution in [1.29, 1.82) is 0 Å². The molecule has 0 aliphatic rings. The van der Waals surface area contributed by atoms with Crippen LogP contribution in [0.1, 0.15) is 45.0 Å². The molecule has 0 unspecified atom stereocenters. The van der Waals surface area contributed by atoms with Crippen LogP contribution in [0.5, 0.6) is 5.75 Å². The van der Waals surface area contributed by atoms with E-state index in [1.807, 2.05) is 58.9 Å². The molecule has 0 bridgehead atoms. The van der Waals surface area contributed by atoms with E-state index in [9.17, 15) is 9.59 Å². The molecule has 2 heterocycles. The van der Waals surface area contributed by atoms with Crippen LogP contribution >= 0.6 is 0 Å². The van der Waals surface area contributed by atoms with Gasteiger partial charge in [-0.15, -0.1) is 0 Å². The average Bonchev–Trinajstić information content (AvgIpc) is 3.12. The quantitative estimate of drug-likeness (QED) is 0.714. The SMILES string of the molecule is COc1ccc([C@H](C)NC(=O)Cn2nc(C)c3cnn(C(C)(C)C)c3c2=O)cc1. The molecule has 29 heavy (non-hydrogen) atoms. The van der Waals surface area contributed by atoms with Gasteiger partial charge in [0.2, 0.25) is 5.91 Å². The number of rotatable bonds is 5. The number of nitrogens with one attached hydrogen (secondary N) is 1. The van der Waals surface area contributed by atoms with Gasteiger partial charge in [0, 0.05) is 5.39 Å². The molecule has 0 radical (unpaired) electrons. The molecule has 0 saturated heterocycles. The number of benzene rings is 1. The van der Waals surface area contributed by atoms with E-state index < -0.39 is 0 Å². The number of aromatic nitrogens is 4. The first-order valence-electron chi connectivity index (χ1n) is 9.51. The van der Waals surface area contributed by atoms with E-state index in [0.29, 0.717) is 16.6 Å². The second kappa shape index (κ2) is 7.69. The Labute approximate surface area is 169 Å². The summed E-state index contributed by atoms with van der Waals surface area (Å²) in [4.78, 5) is 25.6. The largest absolute Gasteiger partial charge is 0.497 e. The fourth-order valence-corrected chi connectivity index (χ4v) is 3.24. The van der Waals surface area contributed by atoms with E-state index in [0.717, 1.165) is 11.3 Å². The third-order valence-electron chi connectivity index (χ3n) is 4.79. The highest BCUT2D eigenvalue weighted by atomic mass is 16.5. The topological polar surface area (TPSA) is 91.0 Å². The molecule has 8 heteroatoms. The van der Waals surface area contributed by atoms with Crippen LogP contribution in [0.25, 0.3) is 10.9 Å². The number of amides is 1. The molecule has 8 nitrogen and oxygen atoms in total. The van der Waals surface area contributed by atoms with E-state index in [2.05, 4.69) is 15.5 Å². The van der Waals surface area contributed by atoms with Gasteiger partial charge >= 0.3 is 0 Å². The van der Waals surface area contributed by atoms with Crippen LogP contribution in [0, 0.1) is 6.92 Å². The first-order valence-corrected chi connectivity index (χ1v) is 9.51. The van der Waals surface area contributed by atoms with Gasteiger partial charge in [0.05, 0.1) is 30.6 Å². The van der Waals surface area contributed by atoms with Crippen molar-refractivity contribution in [2.24, 2.45) is 0 Å². The number of aryl methyl sites for hydroxylation is 1. The van der Waals surface area contributed by atoms with Crippen molar-refractivity contribution in [3.63, 3.8) is 0 Å². The predicted octanol–water partition coefficient (Wildman–Crippen LogP) is 2.54. The Morgan fingerprint density at radius 3 is 2.48 bits per heavy atom. The Morgan fingerprint density at radius 2 is 1.90 bits per heavy atom. The van der Waals surface area contributed by atoms with Crippen LogP contribution in [0.4, 0.5) is 0 Å². The molecule has 2 aromatic heterocycles. The summed E-state index contributed by atoms with van der Waals surface area (Å²) in [5, 5.41) is 12.3. The minimum atomic E-state index is -0.363. The lowest BCUT2D eigenvalue weighted by molar-refractivity contribution is -0.122. The first-order chi connectivity index (χ1) is 13.6. The maximum atomic E-state index is 13.0. The molecule has 0 saturated carbocycles. The maximum Gasteiger partial charge on any atom is 0.293 e. The van der Waals surface area contributed by atoms with Gasteiger partial charge in [-0.3, -0.25) is 14.3 Å². The number of nitrogens with zero attached hydrogens (tertiary/aromatic N) is 4. The highest BCUT2D eigenvalue weighted by Crippen LogP contribution is 2.20. The normalized spacial score (nSPS) is 12.8. The van der Waals surface area contributed by atoms with E-state index in [4.69, 9.17) is 4.74 Å². The smallest absolute Gasteiger partial charge is 0.293 e. The van der Waals surface area contributed by atoms with Crippen LogP contribution in [0.3, 0.4) is 0 Å². The Hall–Kier alpha value is -3.16. The van der Waals surface area contributed by atoms with Crippen molar-refractivity contribution < 1.29 is 9.53 Å². The molecule has 0 aliphatic carbocycles. The number of methoxy groups -OCH3 is 1. The maximum absolute atomic E-state index is 13.0. The first kappa shape index (κ1) is 20.6. The summed E-state index contributed by atoms with van der Waals surface area (Å²) in [5.41, 5.74) is 1.37. The standard InChI is InChI=1S/C21H27N5O3/c1-13(15-7-9-16(29-6)10-8-15)23-18(27)12-25-20(28)19-17(14(2)24-25)11-22-26(19)21(3,4)5/h7-11,13H,12H2,1-6H3,(H,23,27)/t13-/m0/s1. The minimum absolute atomic E-state index is 0.161.